The average Bonchev–Trinajstić information content (AvgIpc) is 2.51. The van der Waals surface area contributed by atoms with Gasteiger partial charge in [-0.3, -0.25) is 0 Å². The van der Waals surface area contributed by atoms with Crippen LogP contribution in [0.25, 0.3) is 0 Å². The zero-order valence-corrected chi connectivity index (χ0v) is 13.1. The average molecular weight is 339 g/mol. The van der Waals surface area contributed by atoms with Crippen molar-refractivity contribution in [2.24, 2.45) is 0 Å². The van der Waals surface area contributed by atoms with E-state index < -0.39 is 11.9 Å². The fourth-order valence-electron chi connectivity index (χ4n) is 1.70. The van der Waals surface area contributed by atoms with E-state index in [1.54, 1.807) is 25.1 Å². The normalized spacial score (nSPS) is 10.1. The highest BCUT2D eigenvalue weighted by molar-refractivity contribution is 6.34. The van der Waals surface area contributed by atoms with Gasteiger partial charge in [-0.15, -0.1) is 0 Å². The summed E-state index contributed by atoms with van der Waals surface area (Å²) in [4.78, 5) is 23.8. The van der Waals surface area contributed by atoms with Gasteiger partial charge in [0, 0.05) is 11.1 Å². The lowest BCUT2D eigenvalue weighted by atomic mass is 10.1. The van der Waals surface area contributed by atoms with Crippen LogP contribution in [0.5, 0.6) is 5.75 Å². The number of hydrogen-bond acceptors (Lipinski definition) is 4. The predicted molar refractivity (Wildman–Crippen MR) is 83.8 cm³/mol. The number of carbonyl (C=O) groups is 2. The maximum Gasteiger partial charge on any atom is 0.343 e. The summed E-state index contributed by atoms with van der Waals surface area (Å²) in [7, 11) is 0. The van der Waals surface area contributed by atoms with Crippen molar-refractivity contribution in [1.29, 1.82) is 0 Å². The number of halogens is 2. The van der Waals surface area contributed by atoms with Gasteiger partial charge in [0.1, 0.15) is 0 Å². The molecule has 0 fully saturated rings. The van der Waals surface area contributed by atoms with Crippen molar-refractivity contribution < 1.29 is 19.1 Å². The first kappa shape index (κ1) is 16.3. The second-order valence-corrected chi connectivity index (χ2v) is 5.11. The van der Waals surface area contributed by atoms with E-state index >= 15 is 0 Å². The lowest BCUT2D eigenvalue weighted by molar-refractivity contribution is 0.0526. The summed E-state index contributed by atoms with van der Waals surface area (Å²) in [5.41, 5.74) is 0.482. The van der Waals surface area contributed by atoms with Gasteiger partial charge in [-0.05, 0) is 37.3 Å². The number of carbonyl (C=O) groups excluding carboxylic acids is 2. The minimum absolute atomic E-state index is 0.153. The zero-order valence-electron chi connectivity index (χ0n) is 11.6. The van der Waals surface area contributed by atoms with Gasteiger partial charge < -0.3 is 9.47 Å². The largest absolute Gasteiger partial charge is 0.462 e. The Kier molecular flexibility index (Phi) is 5.41. The molecule has 0 saturated heterocycles. The van der Waals surface area contributed by atoms with Gasteiger partial charge in [0.05, 0.1) is 22.8 Å². The van der Waals surface area contributed by atoms with Crippen molar-refractivity contribution in [2.75, 3.05) is 6.61 Å². The van der Waals surface area contributed by atoms with Crippen molar-refractivity contribution in [1.82, 2.24) is 0 Å². The molecule has 0 N–H and O–H groups in total. The molecule has 0 saturated carbocycles. The van der Waals surface area contributed by atoms with Crippen molar-refractivity contribution >= 4 is 35.1 Å². The first-order valence-corrected chi connectivity index (χ1v) is 7.21. The van der Waals surface area contributed by atoms with Gasteiger partial charge in [-0.25, -0.2) is 9.59 Å². The first-order chi connectivity index (χ1) is 10.5. The summed E-state index contributed by atoms with van der Waals surface area (Å²) >= 11 is 11.8. The molecule has 0 atom stereocenters. The topological polar surface area (TPSA) is 52.6 Å². The molecule has 22 heavy (non-hydrogen) atoms. The summed E-state index contributed by atoms with van der Waals surface area (Å²) in [6, 6.07) is 10.6. The third-order valence-corrected chi connectivity index (χ3v) is 3.25. The minimum Gasteiger partial charge on any atom is -0.462 e. The molecule has 6 heteroatoms. The van der Waals surface area contributed by atoms with Crippen LogP contribution in [0.1, 0.15) is 27.6 Å². The maximum absolute atomic E-state index is 12.1. The molecule has 2 rings (SSSR count). The molecule has 2 aromatic carbocycles. The minimum atomic E-state index is -0.643. The Balaban J connectivity index is 2.21. The van der Waals surface area contributed by atoms with Crippen LogP contribution in [0, 0.1) is 0 Å². The second kappa shape index (κ2) is 7.29. The van der Waals surface area contributed by atoms with Gasteiger partial charge in [-0.1, -0.05) is 29.3 Å². The quantitative estimate of drug-likeness (QED) is 0.612. The molecule has 0 bridgehead atoms. The van der Waals surface area contributed by atoms with Crippen LogP contribution >= 0.6 is 23.2 Å². The SMILES string of the molecule is CCOC(=O)c1cccc(C(=O)Oc2cc(Cl)ccc2Cl)c1. The van der Waals surface area contributed by atoms with Crippen molar-refractivity contribution in [3.05, 3.63) is 63.6 Å². The fourth-order valence-corrected chi connectivity index (χ4v) is 2.02. The molecule has 0 aliphatic carbocycles. The molecule has 0 aliphatic rings. The standard InChI is InChI=1S/C16H12Cl2O4/c1-2-21-15(19)10-4-3-5-11(8-10)16(20)22-14-9-12(17)6-7-13(14)18/h3-9H,2H2,1H3. The van der Waals surface area contributed by atoms with E-state index in [4.69, 9.17) is 32.7 Å². The van der Waals surface area contributed by atoms with Gasteiger partial charge in [0.25, 0.3) is 0 Å². The van der Waals surface area contributed by atoms with E-state index in [2.05, 4.69) is 0 Å². The van der Waals surface area contributed by atoms with E-state index in [-0.39, 0.29) is 28.5 Å². The van der Waals surface area contributed by atoms with Gasteiger partial charge in [-0.2, -0.15) is 0 Å². The first-order valence-electron chi connectivity index (χ1n) is 6.45. The molecule has 0 amide bonds. The van der Waals surface area contributed by atoms with Crippen molar-refractivity contribution in [2.45, 2.75) is 6.92 Å². The van der Waals surface area contributed by atoms with Crippen LogP contribution in [-0.2, 0) is 4.74 Å². The molecule has 0 unspecified atom stereocenters. The van der Waals surface area contributed by atoms with Crippen LogP contribution in [-0.4, -0.2) is 18.5 Å². The van der Waals surface area contributed by atoms with Crippen LogP contribution in [0.15, 0.2) is 42.5 Å². The molecule has 0 heterocycles. The van der Waals surface area contributed by atoms with E-state index in [9.17, 15) is 9.59 Å². The molecule has 114 valence electrons. The second-order valence-electron chi connectivity index (χ2n) is 4.27. The lowest BCUT2D eigenvalue weighted by Crippen LogP contribution is -2.11. The fraction of sp³-hybridized carbons (Fsp3) is 0.125. The van der Waals surface area contributed by atoms with Crippen LogP contribution in [0.2, 0.25) is 10.0 Å². The molecule has 0 aromatic heterocycles. The smallest absolute Gasteiger partial charge is 0.343 e. The summed E-state index contributed by atoms with van der Waals surface area (Å²) in [5.74, 6) is -0.992. The predicted octanol–water partition coefficient (Wildman–Crippen LogP) is 4.39. The van der Waals surface area contributed by atoms with Crippen LogP contribution in [0.4, 0.5) is 0 Å². The van der Waals surface area contributed by atoms with E-state index in [0.29, 0.717) is 5.02 Å². The molecule has 4 nitrogen and oxygen atoms in total. The molecule has 0 aliphatic heterocycles. The Morgan fingerprint density at radius 1 is 1.00 bits per heavy atom. The number of rotatable bonds is 4. The van der Waals surface area contributed by atoms with Gasteiger partial charge >= 0.3 is 11.9 Å². The third kappa shape index (κ3) is 4.00. The Morgan fingerprint density at radius 2 is 1.68 bits per heavy atom. The highest BCUT2D eigenvalue weighted by atomic mass is 35.5. The number of esters is 2. The van der Waals surface area contributed by atoms with E-state index in [1.165, 1.54) is 24.3 Å². The number of hydrogen-bond donors (Lipinski definition) is 0. The summed E-state index contributed by atoms with van der Waals surface area (Å²) < 4.78 is 10.1. The Bertz CT molecular complexity index is 713. The maximum atomic E-state index is 12.1. The highest BCUT2D eigenvalue weighted by Gasteiger charge is 2.14. The summed E-state index contributed by atoms with van der Waals surface area (Å²) in [6.07, 6.45) is 0. The van der Waals surface area contributed by atoms with E-state index in [1.807, 2.05) is 0 Å². The molecule has 0 radical (unpaired) electrons. The summed E-state index contributed by atoms with van der Waals surface area (Å²) in [5, 5.41) is 0.659. The lowest BCUT2D eigenvalue weighted by Gasteiger charge is -2.08. The highest BCUT2D eigenvalue weighted by Crippen LogP contribution is 2.28. The number of ether oxygens (including phenoxy) is 2. The summed E-state index contributed by atoms with van der Waals surface area (Å²) in [6.45, 7) is 1.96. The third-order valence-electron chi connectivity index (χ3n) is 2.71. The van der Waals surface area contributed by atoms with Gasteiger partial charge in [0.15, 0.2) is 5.75 Å². The molecular weight excluding hydrogens is 327 g/mol. The Hall–Kier alpha value is -2.04. The number of benzene rings is 2. The molecule has 0 spiro atoms. The van der Waals surface area contributed by atoms with Crippen molar-refractivity contribution in [3.8, 4) is 5.75 Å². The molecule has 2 aromatic rings. The van der Waals surface area contributed by atoms with Crippen LogP contribution in [0.3, 0.4) is 0 Å². The Morgan fingerprint density at radius 3 is 2.36 bits per heavy atom. The molecular formula is C16H12Cl2O4. The van der Waals surface area contributed by atoms with Crippen molar-refractivity contribution in [3.63, 3.8) is 0 Å². The van der Waals surface area contributed by atoms with Crippen LogP contribution < -0.4 is 4.74 Å². The van der Waals surface area contributed by atoms with Gasteiger partial charge in [0.2, 0.25) is 0 Å². The zero-order chi connectivity index (χ0) is 16.1. The Labute approximate surface area is 137 Å². The monoisotopic (exact) mass is 338 g/mol. The van der Waals surface area contributed by atoms with E-state index in [0.717, 1.165) is 0 Å².